The number of aryl methyl sites for hydroxylation is 1. The quantitative estimate of drug-likeness (QED) is 0.582. The summed E-state index contributed by atoms with van der Waals surface area (Å²) in [4.78, 5) is 0. The third kappa shape index (κ3) is 3.28. The monoisotopic (exact) mass is 390 g/mol. The molecule has 0 heterocycles. The minimum absolute atomic E-state index is 0.0802. The second-order valence-corrected chi connectivity index (χ2v) is 7.93. The first kappa shape index (κ1) is 19.5. The molecule has 0 radical (unpaired) electrons. The lowest BCUT2D eigenvalue weighted by Crippen LogP contribution is -2.24. The third-order valence-corrected chi connectivity index (χ3v) is 6.03. The Morgan fingerprint density at radius 1 is 0.862 bits per heavy atom. The van der Waals surface area contributed by atoms with Crippen LogP contribution in [0.3, 0.4) is 0 Å². The molecular formula is C25H26O4. The number of fused-ring (bicyclic) bond motifs is 3. The van der Waals surface area contributed by atoms with Crippen molar-refractivity contribution >= 4 is 0 Å². The Morgan fingerprint density at radius 2 is 1.52 bits per heavy atom. The van der Waals surface area contributed by atoms with Gasteiger partial charge in [0.2, 0.25) is 0 Å². The molecule has 29 heavy (non-hydrogen) atoms. The number of aliphatic hydroxyl groups is 2. The van der Waals surface area contributed by atoms with Crippen LogP contribution < -0.4 is 4.74 Å². The SMILES string of the molecule is Cc1ccc2c(c1)C(C)(CCOc1cc(CO)c(O)c(CO)c1)c1ccccc1-2. The predicted molar refractivity (Wildman–Crippen MR) is 113 cm³/mol. The maximum Gasteiger partial charge on any atom is 0.126 e. The van der Waals surface area contributed by atoms with Gasteiger partial charge in [0.1, 0.15) is 11.5 Å². The van der Waals surface area contributed by atoms with E-state index in [1.165, 1.54) is 27.8 Å². The van der Waals surface area contributed by atoms with Gasteiger partial charge in [0.25, 0.3) is 0 Å². The summed E-state index contributed by atoms with van der Waals surface area (Å²) < 4.78 is 6.00. The van der Waals surface area contributed by atoms with Crippen molar-refractivity contribution in [2.45, 2.75) is 38.9 Å². The van der Waals surface area contributed by atoms with Gasteiger partial charge in [0.15, 0.2) is 0 Å². The zero-order valence-corrected chi connectivity index (χ0v) is 16.8. The van der Waals surface area contributed by atoms with Gasteiger partial charge in [-0.25, -0.2) is 0 Å². The molecule has 3 aromatic carbocycles. The molecule has 1 aliphatic rings. The highest BCUT2D eigenvalue weighted by atomic mass is 16.5. The van der Waals surface area contributed by atoms with Crippen molar-refractivity contribution in [3.63, 3.8) is 0 Å². The van der Waals surface area contributed by atoms with E-state index < -0.39 is 0 Å². The summed E-state index contributed by atoms with van der Waals surface area (Å²) in [5.74, 6) is 0.457. The number of aliphatic hydroxyl groups excluding tert-OH is 2. The van der Waals surface area contributed by atoms with Crippen molar-refractivity contribution in [1.29, 1.82) is 0 Å². The minimum atomic E-state index is -0.312. The van der Waals surface area contributed by atoms with Crippen molar-refractivity contribution in [3.8, 4) is 22.6 Å². The van der Waals surface area contributed by atoms with Gasteiger partial charge in [0.05, 0.1) is 19.8 Å². The number of ether oxygens (including phenoxy) is 1. The standard InChI is InChI=1S/C25H26O4/c1-16-7-8-21-20-5-3-4-6-22(20)25(2,23(21)11-16)9-10-29-19-12-17(14-26)24(28)18(13-19)15-27/h3-8,11-13,26-28H,9-10,14-15H2,1-2H3. The predicted octanol–water partition coefficient (Wildman–Crippen LogP) is 4.44. The normalized spacial score (nSPS) is 17.1. The lowest BCUT2D eigenvalue weighted by molar-refractivity contribution is 0.255. The van der Waals surface area contributed by atoms with E-state index in [0.29, 0.717) is 23.5 Å². The summed E-state index contributed by atoms with van der Waals surface area (Å²) in [6, 6.07) is 18.4. The fourth-order valence-corrected chi connectivity index (χ4v) is 4.39. The highest BCUT2D eigenvalue weighted by molar-refractivity contribution is 5.81. The molecule has 0 aromatic heterocycles. The van der Waals surface area contributed by atoms with Crippen molar-refractivity contribution in [2.75, 3.05) is 6.61 Å². The summed E-state index contributed by atoms with van der Waals surface area (Å²) in [7, 11) is 0. The van der Waals surface area contributed by atoms with Crippen LogP contribution >= 0.6 is 0 Å². The molecule has 150 valence electrons. The third-order valence-electron chi connectivity index (χ3n) is 6.03. The number of hydrogen-bond acceptors (Lipinski definition) is 4. The average molecular weight is 390 g/mol. The van der Waals surface area contributed by atoms with Gasteiger partial charge in [-0.1, -0.05) is 55.0 Å². The van der Waals surface area contributed by atoms with Crippen LogP contribution in [-0.2, 0) is 18.6 Å². The Bertz CT molecular complexity index is 1030. The Labute approximate surface area is 171 Å². The summed E-state index contributed by atoms with van der Waals surface area (Å²) in [5.41, 5.74) is 6.97. The van der Waals surface area contributed by atoms with Crippen molar-refractivity contribution in [1.82, 2.24) is 0 Å². The number of aromatic hydroxyl groups is 1. The fourth-order valence-electron chi connectivity index (χ4n) is 4.39. The maximum atomic E-state index is 10.0. The lowest BCUT2D eigenvalue weighted by Gasteiger charge is -2.28. The zero-order chi connectivity index (χ0) is 20.6. The van der Waals surface area contributed by atoms with Gasteiger partial charge in [-0.15, -0.1) is 0 Å². The van der Waals surface area contributed by atoms with Gasteiger partial charge in [0, 0.05) is 16.5 Å². The van der Waals surface area contributed by atoms with Gasteiger partial charge in [-0.3, -0.25) is 0 Å². The average Bonchev–Trinajstić information content (AvgIpc) is 2.97. The van der Waals surface area contributed by atoms with Crippen LogP contribution in [0, 0.1) is 6.92 Å². The molecule has 0 saturated heterocycles. The second-order valence-electron chi connectivity index (χ2n) is 7.93. The van der Waals surface area contributed by atoms with Gasteiger partial charge in [-0.05, 0) is 47.7 Å². The molecule has 4 nitrogen and oxygen atoms in total. The van der Waals surface area contributed by atoms with Crippen LogP contribution in [0.15, 0.2) is 54.6 Å². The van der Waals surface area contributed by atoms with E-state index in [2.05, 4.69) is 56.3 Å². The highest BCUT2D eigenvalue weighted by Crippen LogP contribution is 2.50. The summed E-state index contributed by atoms with van der Waals surface area (Å²) in [5, 5.41) is 28.9. The molecule has 0 amide bonds. The number of benzene rings is 3. The molecule has 1 unspecified atom stereocenters. The topological polar surface area (TPSA) is 69.9 Å². The number of hydrogen-bond donors (Lipinski definition) is 3. The maximum absolute atomic E-state index is 10.0. The Balaban J connectivity index is 1.61. The molecule has 1 atom stereocenters. The second kappa shape index (κ2) is 7.54. The first-order valence-electron chi connectivity index (χ1n) is 9.88. The van der Waals surface area contributed by atoms with E-state index in [4.69, 9.17) is 4.74 Å². The molecule has 0 aliphatic heterocycles. The molecule has 1 aliphatic carbocycles. The molecule has 3 aromatic rings. The van der Waals surface area contributed by atoms with E-state index in [9.17, 15) is 15.3 Å². The first-order chi connectivity index (χ1) is 14.0. The van der Waals surface area contributed by atoms with Crippen LogP contribution in [0.1, 0.15) is 41.2 Å². The van der Waals surface area contributed by atoms with Crippen molar-refractivity contribution in [2.24, 2.45) is 0 Å². The number of phenols is 1. The van der Waals surface area contributed by atoms with E-state index in [-0.39, 0.29) is 24.4 Å². The van der Waals surface area contributed by atoms with Crippen molar-refractivity contribution < 1.29 is 20.1 Å². The highest BCUT2D eigenvalue weighted by Gasteiger charge is 2.38. The van der Waals surface area contributed by atoms with Gasteiger partial charge >= 0.3 is 0 Å². The molecule has 4 rings (SSSR count). The fraction of sp³-hybridized carbons (Fsp3) is 0.280. The molecule has 0 bridgehead atoms. The van der Waals surface area contributed by atoms with Gasteiger partial charge in [-0.2, -0.15) is 0 Å². The van der Waals surface area contributed by atoms with E-state index >= 15 is 0 Å². The smallest absolute Gasteiger partial charge is 0.126 e. The number of rotatable bonds is 6. The molecule has 4 heteroatoms. The summed E-state index contributed by atoms with van der Waals surface area (Å²) in [6.45, 7) is 4.22. The van der Waals surface area contributed by atoms with E-state index in [0.717, 1.165) is 6.42 Å². The minimum Gasteiger partial charge on any atom is -0.507 e. The van der Waals surface area contributed by atoms with Crippen molar-refractivity contribution in [3.05, 3.63) is 82.4 Å². The summed E-state index contributed by atoms with van der Waals surface area (Å²) in [6.07, 6.45) is 0.782. The van der Waals surface area contributed by atoms with Crippen LogP contribution in [-0.4, -0.2) is 21.9 Å². The zero-order valence-electron chi connectivity index (χ0n) is 16.8. The van der Waals surface area contributed by atoms with Crippen LogP contribution in [0.2, 0.25) is 0 Å². The first-order valence-corrected chi connectivity index (χ1v) is 9.88. The molecular weight excluding hydrogens is 364 g/mol. The molecule has 0 saturated carbocycles. The lowest BCUT2D eigenvalue weighted by atomic mass is 9.77. The molecule has 0 fully saturated rings. The Morgan fingerprint density at radius 3 is 2.21 bits per heavy atom. The van der Waals surface area contributed by atoms with Gasteiger partial charge < -0.3 is 20.1 Å². The Hall–Kier alpha value is -2.82. The largest absolute Gasteiger partial charge is 0.507 e. The van der Waals surface area contributed by atoms with E-state index in [1.54, 1.807) is 12.1 Å². The van der Waals surface area contributed by atoms with E-state index in [1.807, 2.05) is 0 Å². The summed E-state index contributed by atoms with van der Waals surface area (Å²) >= 11 is 0. The van der Waals surface area contributed by atoms with Crippen LogP contribution in [0.5, 0.6) is 11.5 Å². The molecule has 3 N–H and O–H groups in total. The Kier molecular flexibility index (Phi) is 5.07. The molecule has 0 spiro atoms. The van der Waals surface area contributed by atoms with Crippen LogP contribution in [0.4, 0.5) is 0 Å². The van der Waals surface area contributed by atoms with Crippen LogP contribution in [0.25, 0.3) is 11.1 Å².